The first kappa shape index (κ1) is 15.2. The molecule has 3 nitrogen and oxygen atoms in total. The number of imidazole rings is 1. The second-order valence-corrected chi connectivity index (χ2v) is 5.50. The standard InChI is InChI=1S/C15H29N3/c1-6-8-16-14(13(5)12(3)4)11-15-17-9-10-18(15)7-2/h9-10,12-14,16H,6-8,11H2,1-5H3. The second kappa shape index (κ2) is 7.57. The van der Waals surface area contributed by atoms with Gasteiger partial charge < -0.3 is 9.88 Å². The summed E-state index contributed by atoms with van der Waals surface area (Å²) in [5.41, 5.74) is 0. The van der Waals surface area contributed by atoms with Crippen LogP contribution in [0.25, 0.3) is 0 Å². The predicted octanol–water partition coefficient (Wildman–Crippen LogP) is 3.11. The van der Waals surface area contributed by atoms with E-state index in [1.54, 1.807) is 0 Å². The summed E-state index contributed by atoms with van der Waals surface area (Å²) in [6, 6.07) is 0.526. The van der Waals surface area contributed by atoms with Crippen LogP contribution >= 0.6 is 0 Å². The average molecular weight is 251 g/mol. The average Bonchev–Trinajstić information content (AvgIpc) is 2.80. The Hall–Kier alpha value is -0.830. The largest absolute Gasteiger partial charge is 0.335 e. The van der Waals surface area contributed by atoms with Gasteiger partial charge in [0.2, 0.25) is 0 Å². The fourth-order valence-electron chi connectivity index (χ4n) is 2.25. The topological polar surface area (TPSA) is 29.9 Å². The molecule has 1 rings (SSSR count). The minimum atomic E-state index is 0.526. The summed E-state index contributed by atoms with van der Waals surface area (Å²) >= 11 is 0. The van der Waals surface area contributed by atoms with Gasteiger partial charge in [0.25, 0.3) is 0 Å². The molecule has 0 aromatic carbocycles. The van der Waals surface area contributed by atoms with Crippen LogP contribution in [-0.2, 0) is 13.0 Å². The summed E-state index contributed by atoms with van der Waals surface area (Å²) in [4.78, 5) is 4.50. The molecule has 0 fully saturated rings. The summed E-state index contributed by atoms with van der Waals surface area (Å²) in [5.74, 6) is 2.57. The first-order valence-electron chi connectivity index (χ1n) is 7.33. The van der Waals surface area contributed by atoms with Crippen molar-refractivity contribution in [1.82, 2.24) is 14.9 Å². The van der Waals surface area contributed by atoms with Crippen LogP contribution in [0.4, 0.5) is 0 Å². The van der Waals surface area contributed by atoms with E-state index in [1.807, 2.05) is 6.20 Å². The van der Waals surface area contributed by atoms with Crippen molar-refractivity contribution in [2.75, 3.05) is 6.54 Å². The normalized spacial score (nSPS) is 15.0. The zero-order valence-corrected chi connectivity index (χ0v) is 12.6. The molecule has 104 valence electrons. The van der Waals surface area contributed by atoms with Crippen molar-refractivity contribution in [3.05, 3.63) is 18.2 Å². The Bertz CT molecular complexity index is 330. The summed E-state index contributed by atoms with van der Waals surface area (Å²) in [7, 11) is 0. The lowest BCUT2D eigenvalue weighted by Crippen LogP contribution is -2.40. The lowest BCUT2D eigenvalue weighted by atomic mass is 9.88. The van der Waals surface area contributed by atoms with Gasteiger partial charge in [-0.2, -0.15) is 0 Å². The first-order valence-corrected chi connectivity index (χ1v) is 7.33. The zero-order valence-electron chi connectivity index (χ0n) is 12.6. The van der Waals surface area contributed by atoms with E-state index in [4.69, 9.17) is 0 Å². The minimum Gasteiger partial charge on any atom is -0.335 e. The van der Waals surface area contributed by atoms with Crippen LogP contribution < -0.4 is 5.32 Å². The maximum absolute atomic E-state index is 4.50. The van der Waals surface area contributed by atoms with Crippen molar-refractivity contribution in [3.63, 3.8) is 0 Å². The Morgan fingerprint density at radius 1 is 1.28 bits per heavy atom. The molecule has 0 radical (unpaired) electrons. The molecule has 0 amide bonds. The van der Waals surface area contributed by atoms with Gasteiger partial charge in [-0.3, -0.25) is 0 Å². The van der Waals surface area contributed by atoms with Crippen molar-refractivity contribution in [2.45, 2.75) is 60.0 Å². The van der Waals surface area contributed by atoms with Gasteiger partial charge in [0.05, 0.1) is 0 Å². The minimum absolute atomic E-state index is 0.526. The Labute approximate surface area is 112 Å². The van der Waals surface area contributed by atoms with Gasteiger partial charge in [0.15, 0.2) is 0 Å². The molecular weight excluding hydrogens is 222 g/mol. The van der Waals surface area contributed by atoms with E-state index in [1.165, 1.54) is 12.2 Å². The molecule has 1 aromatic rings. The molecule has 2 unspecified atom stereocenters. The lowest BCUT2D eigenvalue weighted by Gasteiger charge is -2.28. The number of rotatable bonds is 8. The molecular formula is C15H29N3. The molecule has 1 N–H and O–H groups in total. The fraction of sp³-hybridized carbons (Fsp3) is 0.800. The van der Waals surface area contributed by atoms with Crippen molar-refractivity contribution in [1.29, 1.82) is 0 Å². The van der Waals surface area contributed by atoms with E-state index in [9.17, 15) is 0 Å². The number of nitrogens with zero attached hydrogens (tertiary/aromatic N) is 2. The van der Waals surface area contributed by atoms with E-state index in [-0.39, 0.29) is 0 Å². The summed E-state index contributed by atoms with van der Waals surface area (Å²) in [6.07, 6.45) is 6.20. The molecule has 0 saturated heterocycles. The molecule has 18 heavy (non-hydrogen) atoms. The highest BCUT2D eigenvalue weighted by atomic mass is 15.1. The third-order valence-electron chi connectivity index (χ3n) is 3.89. The number of hydrogen-bond donors (Lipinski definition) is 1. The first-order chi connectivity index (χ1) is 8.60. The highest BCUT2D eigenvalue weighted by molar-refractivity contribution is 4.96. The third-order valence-corrected chi connectivity index (χ3v) is 3.89. The Kier molecular flexibility index (Phi) is 6.41. The van der Waals surface area contributed by atoms with E-state index in [0.717, 1.165) is 19.5 Å². The molecule has 0 aliphatic carbocycles. The Morgan fingerprint density at radius 3 is 2.56 bits per heavy atom. The van der Waals surface area contributed by atoms with Gasteiger partial charge in [-0.1, -0.05) is 27.7 Å². The van der Waals surface area contributed by atoms with Crippen LogP contribution in [-0.4, -0.2) is 22.1 Å². The lowest BCUT2D eigenvalue weighted by molar-refractivity contribution is 0.292. The van der Waals surface area contributed by atoms with E-state index in [2.05, 4.69) is 55.7 Å². The van der Waals surface area contributed by atoms with Gasteiger partial charge in [0, 0.05) is 31.4 Å². The number of hydrogen-bond acceptors (Lipinski definition) is 2. The molecule has 3 heteroatoms. The number of aromatic nitrogens is 2. The zero-order chi connectivity index (χ0) is 13.5. The van der Waals surface area contributed by atoms with Gasteiger partial charge in [-0.05, 0) is 31.7 Å². The summed E-state index contributed by atoms with van der Waals surface area (Å²) < 4.78 is 2.24. The molecule has 2 atom stereocenters. The summed E-state index contributed by atoms with van der Waals surface area (Å²) in [6.45, 7) is 13.4. The monoisotopic (exact) mass is 251 g/mol. The number of aryl methyl sites for hydroxylation is 1. The third kappa shape index (κ3) is 4.13. The Morgan fingerprint density at radius 2 is 2.00 bits per heavy atom. The summed E-state index contributed by atoms with van der Waals surface area (Å²) in [5, 5.41) is 3.69. The molecule has 0 saturated carbocycles. The van der Waals surface area contributed by atoms with Crippen molar-refractivity contribution >= 4 is 0 Å². The molecule has 0 bridgehead atoms. The van der Waals surface area contributed by atoms with Gasteiger partial charge in [0.1, 0.15) is 5.82 Å². The Balaban J connectivity index is 2.71. The molecule has 0 spiro atoms. The maximum atomic E-state index is 4.50. The van der Waals surface area contributed by atoms with Crippen LogP contribution in [0.2, 0.25) is 0 Å². The molecule has 0 aliphatic rings. The van der Waals surface area contributed by atoms with Crippen LogP contribution in [0.3, 0.4) is 0 Å². The highest BCUT2D eigenvalue weighted by Gasteiger charge is 2.21. The SMILES string of the molecule is CCCNC(Cc1nccn1CC)C(C)C(C)C. The van der Waals surface area contributed by atoms with Crippen LogP contribution in [0, 0.1) is 11.8 Å². The van der Waals surface area contributed by atoms with Gasteiger partial charge in [-0.15, -0.1) is 0 Å². The maximum Gasteiger partial charge on any atom is 0.110 e. The number of nitrogens with one attached hydrogen (secondary N) is 1. The smallest absolute Gasteiger partial charge is 0.110 e. The van der Waals surface area contributed by atoms with Crippen LogP contribution in [0.15, 0.2) is 12.4 Å². The fourth-order valence-corrected chi connectivity index (χ4v) is 2.25. The van der Waals surface area contributed by atoms with E-state index >= 15 is 0 Å². The van der Waals surface area contributed by atoms with Crippen LogP contribution in [0.1, 0.15) is 46.9 Å². The van der Waals surface area contributed by atoms with Crippen molar-refractivity contribution in [3.8, 4) is 0 Å². The van der Waals surface area contributed by atoms with Crippen LogP contribution in [0.5, 0.6) is 0 Å². The highest BCUT2D eigenvalue weighted by Crippen LogP contribution is 2.18. The van der Waals surface area contributed by atoms with Crippen molar-refractivity contribution < 1.29 is 0 Å². The molecule has 1 heterocycles. The second-order valence-electron chi connectivity index (χ2n) is 5.50. The van der Waals surface area contributed by atoms with Gasteiger partial charge in [-0.25, -0.2) is 4.98 Å². The predicted molar refractivity (Wildman–Crippen MR) is 77.7 cm³/mol. The quantitative estimate of drug-likeness (QED) is 0.769. The van der Waals surface area contributed by atoms with Gasteiger partial charge >= 0.3 is 0 Å². The van der Waals surface area contributed by atoms with E-state index in [0.29, 0.717) is 17.9 Å². The molecule has 0 aliphatic heterocycles. The molecule has 1 aromatic heterocycles. The van der Waals surface area contributed by atoms with Crippen molar-refractivity contribution in [2.24, 2.45) is 11.8 Å². The van der Waals surface area contributed by atoms with E-state index < -0.39 is 0 Å².